The normalized spacial score (nSPS) is 20.6. The number of nitrogens with one attached hydrogen (secondary N) is 1. The van der Waals surface area contributed by atoms with Gasteiger partial charge in [-0.1, -0.05) is 16.8 Å². The topological polar surface area (TPSA) is 147 Å². The van der Waals surface area contributed by atoms with E-state index in [2.05, 4.69) is 30.0 Å². The van der Waals surface area contributed by atoms with Gasteiger partial charge < -0.3 is 14.0 Å². The molecule has 33 heavy (non-hydrogen) atoms. The lowest BCUT2D eigenvalue weighted by Gasteiger charge is -2.22. The van der Waals surface area contributed by atoms with Gasteiger partial charge in [0.1, 0.15) is 29.4 Å². The number of aromatic nitrogens is 6. The first-order valence-corrected chi connectivity index (χ1v) is 12.2. The zero-order valence-corrected chi connectivity index (χ0v) is 19.8. The van der Waals surface area contributed by atoms with Gasteiger partial charge in [0.05, 0.1) is 17.7 Å². The van der Waals surface area contributed by atoms with Gasteiger partial charge in [-0.3, -0.25) is 9.29 Å². The molecule has 4 atom stereocenters. The van der Waals surface area contributed by atoms with Crippen LogP contribution in [0.25, 0.3) is 0 Å². The Balaban J connectivity index is 1.62. The molecule has 0 spiro atoms. The molecule has 178 valence electrons. The van der Waals surface area contributed by atoms with Crippen molar-refractivity contribution < 1.29 is 22.4 Å². The SMILES string of the molecule is CO[C@H](c1ncc(Cl)cn1)[C@H](C)S(=O)(=O)Nc1nnc([C@H]2CC[C@@H](C)O2)n1Cc1ccon1. The van der Waals surface area contributed by atoms with E-state index in [-0.39, 0.29) is 30.5 Å². The van der Waals surface area contributed by atoms with Crippen LogP contribution in [0.2, 0.25) is 5.02 Å². The van der Waals surface area contributed by atoms with Crippen molar-refractivity contribution in [3.8, 4) is 0 Å². The van der Waals surface area contributed by atoms with Gasteiger partial charge >= 0.3 is 0 Å². The molecule has 3 aromatic heterocycles. The molecule has 1 saturated heterocycles. The Bertz CT molecular complexity index is 1170. The van der Waals surface area contributed by atoms with Crippen molar-refractivity contribution in [1.82, 2.24) is 29.9 Å². The van der Waals surface area contributed by atoms with E-state index in [1.165, 1.54) is 32.7 Å². The average Bonchev–Trinajstić information content (AvgIpc) is 3.53. The Morgan fingerprint density at radius 3 is 2.67 bits per heavy atom. The molecule has 0 aliphatic carbocycles. The highest BCUT2D eigenvalue weighted by Gasteiger charge is 2.35. The lowest BCUT2D eigenvalue weighted by Crippen LogP contribution is -2.33. The summed E-state index contributed by atoms with van der Waals surface area (Å²) in [5, 5.41) is 11.5. The number of sulfonamides is 1. The molecule has 4 rings (SSSR count). The third kappa shape index (κ3) is 5.16. The van der Waals surface area contributed by atoms with Gasteiger partial charge in [0.2, 0.25) is 16.0 Å². The smallest absolute Gasteiger partial charge is 0.240 e. The molecule has 0 unspecified atom stereocenters. The van der Waals surface area contributed by atoms with Gasteiger partial charge in [0.25, 0.3) is 0 Å². The fourth-order valence-electron chi connectivity index (χ4n) is 3.62. The Hall–Kier alpha value is -2.61. The lowest BCUT2D eigenvalue weighted by atomic mass is 10.2. The highest BCUT2D eigenvalue weighted by molar-refractivity contribution is 7.93. The quantitative estimate of drug-likeness (QED) is 0.467. The average molecular weight is 498 g/mol. The van der Waals surface area contributed by atoms with Crippen LogP contribution in [0.4, 0.5) is 5.95 Å². The highest BCUT2D eigenvalue weighted by atomic mass is 35.5. The number of hydrogen-bond donors (Lipinski definition) is 1. The molecule has 1 aliphatic rings. The van der Waals surface area contributed by atoms with Crippen LogP contribution in [-0.4, -0.2) is 56.8 Å². The largest absolute Gasteiger partial charge is 0.372 e. The predicted octanol–water partition coefficient (Wildman–Crippen LogP) is 2.52. The minimum Gasteiger partial charge on any atom is -0.372 e. The van der Waals surface area contributed by atoms with Crippen LogP contribution in [0.15, 0.2) is 29.2 Å². The Morgan fingerprint density at radius 1 is 1.30 bits per heavy atom. The number of halogens is 1. The number of hydrogen-bond acceptors (Lipinski definition) is 10. The van der Waals surface area contributed by atoms with Crippen molar-refractivity contribution in [3.63, 3.8) is 0 Å². The minimum atomic E-state index is -4.00. The fraction of sp³-hybridized carbons (Fsp3) is 0.526. The monoisotopic (exact) mass is 497 g/mol. The number of methoxy groups -OCH3 is 1. The third-order valence-corrected chi connectivity index (χ3v) is 7.30. The number of rotatable bonds is 9. The van der Waals surface area contributed by atoms with Gasteiger partial charge in [-0.25, -0.2) is 18.4 Å². The maximum atomic E-state index is 13.3. The molecule has 12 nitrogen and oxygen atoms in total. The summed E-state index contributed by atoms with van der Waals surface area (Å²) in [6.45, 7) is 3.68. The van der Waals surface area contributed by atoms with Crippen LogP contribution < -0.4 is 4.72 Å². The first-order valence-electron chi connectivity index (χ1n) is 10.3. The lowest BCUT2D eigenvalue weighted by molar-refractivity contribution is 0.0482. The highest BCUT2D eigenvalue weighted by Crippen LogP contribution is 2.33. The molecule has 4 heterocycles. The van der Waals surface area contributed by atoms with Crippen molar-refractivity contribution in [2.75, 3.05) is 11.8 Å². The molecule has 0 aromatic carbocycles. The second kappa shape index (κ2) is 9.71. The van der Waals surface area contributed by atoms with E-state index in [9.17, 15) is 8.42 Å². The van der Waals surface area contributed by atoms with Gasteiger partial charge in [0, 0.05) is 25.6 Å². The van der Waals surface area contributed by atoms with Crippen LogP contribution >= 0.6 is 11.6 Å². The summed E-state index contributed by atoms with van der Waals surface area (Å²) in [6, 6.07) is 1.68. The Kier molecular flexibility index (Phi) is 6.93. The summed E-state index contributed by atoms with van der Waals surface area (Å²) in [7, 11) is -2.61. The van der Waals surface area contributed by atoms with E-state index in [1.54, 1.807) is 10.6 Å². The summed E-state index contributed by atoms with van der Waals surface area (Å²) >= 11 is 5.84. The van der Waals surface area contributed by atoms with Crippen molar-refractivity contribution >= 4 is 27.6 Å². The number of ether oxygens (including phenoxy) is 2. The molecule has 0 saturated carbocycles. The summed E-state index contributed by atoms with van der Waals surface area (Å²) in [4.78, 5) is 8.19. The van der Waals surface area contributed by atoms with E-state index < -0.39 is 21.4 Å². The van der Waals surface area contributed by atoms with E-state index >= 15 is 0 Å². The molecular formula is C19H24ClN7O5S. The second-order valence-electron chi connectivity index (χ2n) is 7.74. The van der Waals surface area contributed by atoms with Gasteiger partial charge in [-0.2, -0.15) is 0 Å². The summed E-state index contributed by atoms with van der Waals surface area (Å²) in [6.07, 6.45) is 4.66. The third-order valence-electron chi connectivity index (χ3n) is 5.41. The second-order valence-corrected chi connectivity index (χ2v) is 10.2. The van der Waals surface area contributed by atoms with Crippen molar-refractivity contribution in [1.29, 1.82) is 0 Å². The van der Waals surface area contributed by atoms with Crippen LogP contribution in [0.1, 0.15) is 56.2 Å². The Labute approximate surface area is 195 Å². The molecule has 1 N–H and O–H groups in total. The zero-order valence-electron chi connectivity index (χ0n) is 18.3. The molecule has 14 heteroatoms. The molecule has 0 bridgehead atoms. The van der Waals surface area contributed by atoms with Crippen LogP contribution in [0, 0.1) is 0 Å². The predicted molar refractivity (Wildman–Crippen MR) is 117 cm³/mol. The van der Waals surface area contributed by atoms with Gasteiger partial charge in [-0.05, 0) is 26.7 Å². The maximum absolute atomic E-state index is 13.3. The van der Waals surface area contributed by atoms with E-state index in [1.807, 2.05) is 6.92 Å². The summed E-state index contributed by atoms with van der Waals surface area (Å²) in [5.41, 5.74) is 0.583. The molecule has 0 radical (unpaired) electrons. The zero-order chi connectivity index (χ0) is 23.6. The molecule has 3 aromatic rings. The van der Waals surface area contributed by atoms with E-state index in [0.717, 1.165) is 12.8 Å². The standard InChI is InChI=1S/C19H24ClN7O5S/c1-11-4-5-15(32-11)18-23-24-19(27(18)10-14-6-7-31-25-14)26-33(28,29)12(2)16(30-3)17-21-8-13(20)9-22-17/h6-9,11-12,15-16H,4-5,10H2,1-3H3,(H,24,26)/t11-,12+,15-,16+/m1/s1. The Morgan fingerprint density at radius 2 is 2.06 bits per heavy atom. The molecule has 0 amide bonds. The number of nitrogens with zero attached hydrogens (tertiary/aromatic N) is 6. The molecular weight excluding hydrogens is 474 g/mol. The molecule has 1 fully saturated rings. The van der Waals surface area contributed by atoms with Crippen molar-refractivity contribution in [2.45, 2.75) is 56.8 Å². The maximum Gasteiger partial charge on any atom is 0.240 e. The van der Waals surface area contributed by atoms with Crippen molar-refractivity contribution in [2.24, 2.45) is 0 Å². The van der Waals surface area contributed by atoms with Gasteiger partial charge in [0.15, 0.2) is 11.6 Å². The van der Waals surface area contributed by atoms with E-state index in [4.69, 9.17) is 25.6 Å². The first-order chi connectivity index (χ1) is 15.8. The van der Waals surface area contributed by atoms with Crippen molar-refractivity contribution in [3.05, 3.63) is 47.1 Å². The first kappa shape index (κ1) is 23.5. The van der Waals surface area contributed by atoms with E-state index in [0.29, 0.717) is 16.5 Å². The van der Waals surface area contributed by atoms with Gasteiger partial charge in [-0.15, -0.1) is 10.2 Å². The number of anilines is 1. The fourth-order valence-corrected chi connectivity index (χ4v) is 4.86. The summed E-state index contributed by atoms with van der Waals surface area (Å²) in [5.74, 6) is 0.741. The van der Waals surface area contributed by atoms with Crippen LogP contribution in [0.5, 0.6) is 0 Å². The summed E-state index contributed by atoms with van der Waals surface area (Å²) < 4.78 is 46.9. The van der Waals surface area contributed by atoms with Crippen LogP contribution in [0.3, 0.4) is 0 Å². The molecule has 1 aliphatic heterocycles. The minimum absolute atomic E-state index is 0.0369. The van der Waals surface area contributed by atoms with Crippen LogP contribution in [-0.2, 0) is 26.0 Å².